The van der Waals surface area contributed by atoms with Crippen LogP contribution in [0.15, 0.2) is 66.7 Å². The number of aromatic nitrogens is 2. The Bertz CT molecular complexity index is 1120. The molecule has 1 aliphatic rings. The predicted octanol–water partition coefficient (Wildman–Crippen LogP) is 4.97. The molecule has 0 bridgehead atoms. The maximum absolute atomic E-state index is 13.9. The second kappa shape index (κ2) is 8.37. The molecule has 0 fully saturated rings. The molecule has 0 saturated heterocycles. The Morgan fingerprint density at radius 2 is 1.69 bits per heavy atom. The third kappa shape index (κ3) is 4.16. The van der Waals surface area contributed by atoms with Crippen molar-refractivity contribution in [3.8, 4) is 0 Å². The third-order valence-corrected chi connectivity index (χ3v) is 5.20. The van der Waals surface area contributed by atoms with Crippen molar-refractivity contribution in [2.24, 2.45) is 0 Å². The summed E-state index contributed by atoms with van der Waals surface area (Å²) in [4.78, 5) is 25.6. The second-order valence-corrected chi connectivity index (χ2v) is 7.27. The summed E-state index contributed by atoms with van der Waals surface area (Å²) in [6.45, 7) is -0.0969. The van der Waals surface area contributed by atoms with Crippen molar-refractivity contribution < 1.29 is 32.6 Å². The Morgan fingerprint density at radius 1 is 1.06 bits per heavy atom. The molecule has 4 rings (SSSR count). The number of carboxylic acid groups (broad SMARTS) is 1. The first kappa shape index (κ1) is 21.4. The average Bonchev–Trinajstić information content (AvgIpc) is 3.22. The van der Waals surface area contributed by atoms with E-state index in [-0.39, 0.29) is 12.4 Å². The van der Waals surface area contributed by atoms with Crippen LogP contribution in [0.4, 0.5) is 23.8 Å². The Hall–Kier alpha value is -3.82. The van der Waals surface area contributed by atoms with Crippen molar-refractivity contribution in [3.63, 3.8) is 0 Å². The van der Waals surface area contributed by atoms with Crippen LogP contribution in [0.2, 0.25) is 0 Å². The zero-order valence-electron chi connectivity index (χ0n) is 16.6. The van der Waals surface area contributed by atoms with E-state index in [1.807, 2.05) is 0 Å². The molecule has 2 heterocycles. The summed E-state index contributed by atoms with van der Waals surface area (Å²) < 4.78 is 47.6. The molecule has 0 radical (unpaired) electrons. The maximum Gasteiger partial charge on any atom is 0.416 e. The molecule has 3 aromatic rings. The topological polar surface area (TPSA) is 84.7 Å². The minimum Gasteiger partial charge on any atom is -0.476 e. The molecule has 0 aliphatic carbocycles. The number of ether oxygens (including phenoxy) is 1. The lowest BCUT2D eigenvalue weighted by molar-refractivity contribution is -0.174. The number of carboxylic acids is 1. The number of hydrogen-bond acceptors (Lipinski definition) is 4. The van der Waals surface area contributed by atoms with E-state index in [0.717, 1.165) is 11.0 Å². The fraction of sp³-hybridized carbons (Fsp3) is 0.227. The van der Waals surface area contributed by atoms with Crippen LogP contribution in [0.3, 0.4) is 0 Å². The van der Waals surface area contributed by atoms with Crippen LogP contribution in [0.5, 0.6) is 0 Å². The smallest absolute Gasteiger partial charge is 0.416 e. The van der Waals surface area contributed by atoms with Crippen LogP contribution in [-0.2, 0) is 11.3 Å². The molecule has 32 heavy (non-hydrogen) atoms. The summed E-state index contributed by atoms with van der Waals surface area (Å²) in [5, 5.41) is 12.9. The Morgan fingerprint density at radius 3 is 2.28 bits per heavy atom. The van der Waals surface area contributed by atoms with E-state index in [2.05, 4.69) is 5.10 Å². The predicted molar refractivity (Wildman–Crippen MR) is 107 cm³/mol. The quantitative estimate of drug-likeness (QED) is 0.613. The van der Waals surface area contributed by atoms with Crippen LogP contribution in [-0.4, -0.2) is 33.1 Å². The largest absolute Gasteiger partial charge is 0.476 e. The number of carbonyl (C=O) groups excluding carboxylic acids is 1. The fourth-order valence-electron chi connectivity index (χ4n) is 3.72. The second-order valence-electron chi connectivity index (χ2n) is 7.27. The van der Waals surface area contributed by atoms with Gasteiger partial charge in [-0.05, 0) is 11.1 Å². The molecule has 10 heteroatoms. The van der Waals surface area contributed by atoms with Gasteiger partial charge in [0.2, 0.25) is 0 Å². The highest BCUT2D eigenvalue weighted by Crippen LogP contribution is 2.47. The molecular formula is C22H18F3N3O4. The maximum atomic E-state index is 13.9. The lowest BCUT2D eigenvalue weighted by atomic mass is 9.95. The average molecular weight is 445 g/mol. The lowest BCUT2D eigenvalue weighted by Gasteiger charge is -2.39. The molecule has 1 amide bonds. The fourth-order valence-corrected chi connectivity index (χ4v) is 3.72. The monoisotopic (exact) mass is 445 g/mol. The van der Waals surface area contributed by atoms with Gasteiger partial charge in [0.15, 0.2) is 11.7 Å². The summed E-state index contributed by atoms with van der Waals surface area (Å²) >= 11 is 0. The molecule has 7 nitrogen and oxygen atoms in total. The molecular weight excluding hydrogens is 427 g/mol. The molecule has 1 aliphatic heterocycles. The van der Waals surface area contributed by atoms with Crippen LogP contribution in [0, 0.1) is 0 Å². The minimum atomic E-state index is -4.70. The number of aromatic carboxylic acids is 1. The van der Waals surface area contributed by atoms with Crippen molar-refractivity contribution >= 4 is 17.9 Å². The highest BCUT2D eigenvalue weighted by Gasteiger charge is 2.50. The normalized spacial score (nSPS) is 18.2. The summed E-state index contributed by atoms with van der Waals surface area (Å²) in [6.07, 6.45) is -6.15. The number of anilines is 1. The van der Waals surface area contributed by atoms with Crippen LogP contribution >= 0.6 is 0 Å². The number of amides is 1. The number of carbonyl (C=O) groups is 2. The van der Waals surface area contributed by atoms with E-state index < -0.39 is 42.4 Å². The van der Waals surface area contributed by atoms with E-state index >= 15 is 0 Å². The highest BCUT2D eigenvalue weighted by atomic mass is 19.4. The van der Waals surface area contributed by atoms with Crippen LogP contribution in [0.25, 0.3) is 0 Å². The Balaban J connectivity index is 1.77. The van der Waals surface area contributed by atoms with Gasteiger partial charge in [-0.15, -0.1) is 0 Å². The van der Waals surface area contributed by atoms with Crippen molar-refractivity contribution in [2.45, 2.75) is 31.3 Å². The number of fused-ring (bicyclic) bond motifs is 1. The van der Waals surface area contributed by atoms with Gasteiger partial charge in [-0.25, -0.2) is 14.3 Å². The third-order valence-electron chi connectivity index (χ3n) is 5.20. The molecule has 1 N–H and O–H groups in total. The Kier molecular flexibility index (Phi) is 5.60. The first-order valence-electron chi connectivity index (χ1n) is 9.70. The van der Waals surface area contributed by atoms with Gasteiger partial charge < -0.3 is 9.84 Å². The molecule has 166 valence electrons. The molecule has 0 saturated carbocycles. The van der Waals surface area contributed by atoms with E-state index in [4.69, 9.17) is 4.74 Å². The summed E-state index contributed by atoms with van der Waals surface area (Å²) in [5.74, 6) is -1.79. The van der Waals surface area contributed by atoms with Gasteiger partial charge in [-0.2, -0.15) is 18.3 Å². The molecule has 1 aromatic heterocycles. The zero-order valence-corrected chi connectivity index (χ0v) is 16.6. The summed E-state index contributed by atoms with van der Waals surface area (Å²) in [5.41, 5.74) is 0.563. The van der Waals surface area contributed by atoms with Gasteiger partial charge >= 0.3 is 18.2 Å². The van der Waals surface area contributed by atoms with Gasteiger partial charge in [0.1, 0.15) is 12.4 Å². The number of halogens is 3. The van der Waals surface area contributed by atoms with Crippen LogP contribution < -0.4 is 4.90 Å². The van der Waals surface area contributed by atoms with Gasteiger partial charge in [0.05, 0.1) is 6.04 Å². The minimum absolute atomic E-state index is 0.0969. The van der Waals surface area contributed by atoms with E-state index in [1.54, 1.807) is 60.7 Å². The van der Waals surface area contributed by atoms with E-state index in [9.17, 15) is 27.9 Å². The van der Waals surface area contributed by atoms with Gasteiger partial charge in [-0.1, -0.05) is 60.7 Å². The summed E-state index contributed by atoms with van der Waals surface area (Å²) in [7, 11) is 0. The first-order chi connectivity index (χ1) is 15.3. The van der Waals surface area contributed by atoms with Gasteiger partial charge in [0, 0.05) is 12.5 Å². The lowest BCUT2D eigenvalue weighted by Crippen LogP contribution is -2.45. The molecule has 0 unspecified atom stereocenters. The standard InChI is InChI=1S/C22H18F3N3O4/c23-22(24,25)18-12-17(15-9-5-2-6-10-15)27(19-11-16(20(29)30)26-28(18)19)21(31)32-13-14-7-3-1-4-8-14/h1-11,17-18H,12-13H2,(H,29,30)/t17-,18+/m1/s1. The van der Waals surface area contributed by atoms with Gasteiger partial charge in [0.25, 0.3) is 0 Å². The highest BCUT2D eigenvalue weighted by molar-refractivity contribution is 5.91. The van der Waals surface area contributed by atoms with Crippen molar-refractivity contribution in [1.82, 2.24) is 9.78 Å². The van der Waals surface area contributed by atoms with E-state index in [0.29, 0.717) is 15.8 Å². The SMILES string of the molecule is O=C(O)c1cc2n(n1)[C@H](C(F)(F)F)C[C@H](c1ccccc1)N2C(=O)OCc1ccccc1. The number of rotatable bonds is 4. The van der Waals surface area contributed by atoms with Crippen molar-refractivity contribution in [3.05, 3.63) is 83.6 Å². The number of benzene rings is 2. The molecule has 2 aromatic carbocycles. The summed E-state index contributed by atoms with van der Waals surface area (Å²) in [6, 6.07) is 14.9. The number of hydrogen-bond donors (Lipinski definition) is 1. The molecule has 2 atom stereocenters. The van der Waals surface area contributed by atoms with Gasteiger partial charge in [-0.3, -0.25) is 4.90 Å². The Labute approximate surface area is 180 Å². The first-order valence-corrected chi connectivity index (χ1v) is 9.70. The van der Waals surface area contributed by atoms with E-state index in [1.165, 1.54) is 0 Å². The van der Waals surface area contributed by atoms with Crippen molar-refractivity contribution in [1.29, 1.82) is 0 Å². The van der Waals surface area contributed by atoms with Crippen molar-refractivity contribution in [2.75, 3.05) is 4.90 Å². The number of alkyl halides is 3. The van der Waals surface area contributed by atoms with Crippen LogP contribution in [0.1, 0.15) is 40.1 Å². The number of nitrogens with zero attached hydrogens (tertiary/aromatic N) is 3. The molecule has 0 spiro atoms. The zero-order chi connectivity index (χ0) is 22.9.